The third-order valence-electron chi connectivity index (χ3n) is 3.82. The van der Waals surface area contributed by atoms with Crippen molar-refractivity contribution in [1.82, 2.24) is 4.90 Å². The minimum absolute atomic E-state index is 0.0944. The van der Waals surface area contributed by atoms with Crippen molar-refractivity contribution in [2.45, 2.75) is 44.3 Å². The molecule has 0 saturated carbocycles. The predicted octanol–water partition coefficient (Wildman–Crippen LogP) is 2.62. The Bertz CT molecular complexity index is 374. The van der Waals surface area contributed by atoms with E-state index in [1.54, 1.807) is 11.1 Å². The Morgan fingerprint density at radius 1 is 1.19 bits per heavy atom. The Hall–Kier alpha value is -0.860. The van der Waals surface area contributed by atoms with E-state index in [4.69, 9.17) is 5.73 Å². The second kappa shape index (κ2) is 3.31. The van der Waals surface area contributed by atoms with Crippen LogP contribution in [0.25, 0.3) is 0 Å². The second-order valence-electron chi connectivity index (χ2n) is 5.90. The molecule has 2 heteroatoms. The van der Waals surface area contributed by atoms with Crippen molar-refractivity contribution in [2.24, 2.45) is 5.73 Å². The number of hydrogen-bond acceptors (Lipinski definition) is 2. The van der Waals surface area contributed by atoms with Gasteiger partial charge in [0.15, 0.2) is 0 Å². The van der Waals surface area contributed by atoms with Crippen LogP contribution < -0.4 is 5.73 Å². The van der Waals surface area contributed by atoms with Crippen LogP contribution in [0.2, 0.25) is 0 Å². The van der Waals surface area contributed by atoms with Crippen molar-refractivity contribution in [3.63, 3.8) is 0 Å². The van der Waals surface area contributed by atoms with Crippen LogP contribution in [0.5, 0.6) is 0 Å². The monoisotopic (exact) mass is 216 g/mol. The van der Waals surface area contributed by atoms with Gasteiger partial charge >= 0.3 is 0 Å². The fraction of sp³-hybridized carbons (Fsp3) is 0.571. The molecular weight excluding hydrogens is 196 g/mol. The first-order valence-corrected chi connectivity index (χ1v) is 6.20. The van der Waals surface area contributed by atoms with E-state index in [9.17, 15) is 0 Å². The Balaban J connectivity index is 1.93. The maximum atomic E-state index is 6.16. The molecule has 2 heterocycles. The van der Waals surface area contributed by atoms with Crippen molar-refractivity contribution < 1.29 is 0 Å². The van der Waals surface area contributed by atoms with Crippen LogP contribution in [-0.2, 0) is 0 Å². The van der Waals surface area contributed by atoms with Crippen LogP contribution in [0, 0.1) is 0 Å². The number of nitrogens with zero attached hydrogens (tertiary/aromatic N) is 1. The summed E-state index contributed by atoms with van der Waals surface area (Å²) in [5.74, 6) is 0. The van der Waals surface area contributed by atoms with Crippen molar-refractivity contribution in [1.29, 1.82) is 0 Å². The normalized spacial score (nSPS) is 28.4. The molecule has 1 saturated heterocycles. The maximum absolute atomic E-state index is 6.16. The van der Waals surface area contributed by atoms with Crippen LogP contribution in [0.15, 0.2) is 24.3 Å². The molecule has 86 valence electrons. The standard InChI is InChI=1S/C14H20N2/c1-14(2,15)9-16-12-7-8-13(16)11-6-4-3-5-10(11)12/h3-6,12-13H,7-9,15H2,1-2H3. The molecule has 2 atom stereocenters. The topological polar surface area (TPSA) is 29.3 Å². The van der Waals surface area contributed by atoms with E-state index in [-0.39, 0.29) is 5.54 Å². The summed E-state index contributed by atoms with van der Waals surface area (Å²) in [6.45, 7) is 5.24. The Morgan fingerprint density at radius 2 is 1.69 bits per heavy atom. The van der Waals surface area contributed by atoms with E-state index in [0.717, 1.165) is 6.54 Å². The van der Waals surface area contributed by atoms with Crippen molar-refractivity contribution >= 4 is 0 Å². The van der Waals surface area contributed by atoms with Gasteiger partial charge in [0.25, 0.3) is 0 Å². The summed E-state index contributed by atoms with van der Waals surface area (Å²) in [5, 5.41) is 0. The molecule has 0 radical (unpaired) electrons. The quantitative estimate of drug-likeness (QED) is 0.823. The van der Waals surface area contributed by atoms with Gasteiger partial charge < -0.3 is 5.73 Å². The first kappa shape index (κ1) is 10.3. The summed E-state index contributed by atoms with van der Waals surface area (Å²) in [6, 6.07) is 10.1. The third-order valence-corrected chi connectivity index (χ3v) is 3.82. The molecule has 0 aliphatic carbocycles. The zero-order chi connectivity index (χ0) is 11.3. The molecular formula is C14H20N2. The molecule has 1 aromatic carbocycles. The SMILES string of the molecule is CC(C)(N)CN1C2CCC1c1ccccc12. The number of rotatable bonds is 2. The highest BCUT2D eigenvalue weighted by Gasteiger charge is 2.44. The summed E-state index contributed by atoms with van der Waals surface area (Å²) in [5.41, 5.74) is 9.16. The molecule has 16 heavy (non-hydrogen) atoms. The summed E-state index contributed by atoms with van der Waals surface area (Å²) in [7, 11) is 0. The predicted molar refractivity (Wildman–Crippen MR) is 66.1 cm³/mol. The number of nitrogens with two attached hydrogens (primary N) is 1. The van der Waals surface area contributed by atoms with Crippen molar-refractivity contribution in [3.8, 4) is 0 Å². The van der Waals surface area contributed by atoms with E-state index in [2.05, 4.69) is 43.0 Å². The van der Waals surface area contributed by atoms with E-state index in [1.165, 1.54) is 12.8 Å². The Labute approximate surface area is 97.4 Å². The molecule has 2 nitrogen and oxygen atoms in total. The third kappa shape index (κ3) is 1.48. The van der Waals surface area contributed by atoms with Crippen LogP contribution in [0.4, 0.5) is 0 Å². The minimum atomic E-state index is -0.0944. The molecule has 2 unspecified atom stereocenters. The van der Waals surface area contributed by atoms with Gasteiger partial charge in [-0.3, -0.25) is 4.90 Å². The van der Waals surface area contributed by atoms with Gasteiger partial charge in [-0.15, -0.1) is 0 Å². The highest BCUT2D eigenvalue weighted by molar-refractivity contribution is 5.40. The molecule has 0 spiro atoms. The fourth-order valence-electron chi connectivity index (χ4n) is 3.34. The molecule has 0 amide bonds. The highest BCUT2D eigenvalue weighted by atomic mass is 15.2. The summed E-state index contributed by atoms with van der Waals surface area (Å²) >= 11 is 0. The van der Waals surface area contributed by atoms with E-state index in [1.807, 2.05) is 0 Å². The van der Waals surface area contributed by atoms with Gasteiger partial charge in [0.05, 0.1) is 0 Å². The molecule has 2 aliphatic rings. The summed E-state index contributed by atoms with van der Waals surface area (Å²) in [6.07, 6.45) is 2.61. The Morgan fingerprint density at radius 3 is 2.12 bits per heavy atom. The second-order valence-corrected chi connectivity index (χ2v) is 5.90. The molecule has 1 aromatic rings. The zero-order valence-electron chi connectivity index (χ0n) is 10.1. The van der Waals surface area contributed by atoms with Crippen LogP contribution >= 0.6 is 0 Å². The minimum Gasteiger partial charge on any atom is -0.324 e. The first-order valence-electron chi connectivity index (χ1n) is 6.20. The van der Waals surface area contributed by atoms with Crippen molar-refractivity contribution in [2.75, 3.05) is 6.54 Å². The molecule has 1 fully saturated rings. The maximum Gasteiger partial charge on any atom is 0.0359 e. The number of benzene rings is 1. The lowest BCUT2D eigenvalue weighted by atomic mass is 9.92. The van der Waals surface area contributed by atoms with E-state index >= 15 is 0 Å². The lowest BCUT2D eigenvalue weighted by Gasteiger charge is -2.30. The summed E-state index contributed by atoms with van der Waals surface area (Å²) < 4.78 is 0. The van der Waals surface area contributed by atoms with Gasteiger partial charge in [0.1, 0.15) is 0 Å². The number of fused-ring (bicyclic) bond motifs is 5. The van der Waals surface area contributed by atoms with E-state index < -0.39 is 0 Å². The fourth-order valence-corrected chi connectivity index (χ4v) is 3.34. The van der Waals surface area contributed by atoms with Crippen LogP contribution in [0.3, 0.4) is 0 Å². The van der Waals surface area contributed by atoms with E-state index in [0.29, 0.717) is 12.1 Å². The molecule has 3 rings (SSSR count). The van der Waals surface area contributed by atoms with Gasteiger partial charge in [-0.25, -0.2) is 0 Å². The molecule has 2 aliphatic heterocycles. The lowest BCUT2D eigenvalue weighted by Crippen LogP contribution is -2.44. The van der Waals surface area contributed by atoms with Gasteiger partial charge in [-0.1, -0.05) is 24.3 Å². The van der Waals surface area contributed by atoms with Crippen molar-refractivity contribution in [3.05, 3.63) is 35.4 Å². The molecule has 0 aromatic heterocycles. The first-order chi connectivity index (χ1) is 7.56. The Kier molecular flexibility index (Phi) is 2.13. The highest BCUT2D eigenvalue weighted by Crippen LogP contribution is 2.52. The molecule has 2 bridgehead atoms. The van der Waals surface area contributed by atoms with Crippen LogP contribution in [0.1, 0.15) is 49.9 Å². The average Bonchev–Trinajstić information content (AvgIpc) is 2.72. The summed E-state index contributed by atoms with van der Waals surface area (Å²) in [4.78, 5) is 2.60. The van der Waals surface area contributed by atoms with Gasteiger partial charge in [0.2, 0.25) is 0 Å². The largest absolute Gasteiger partial charge is 0.324 e. The zero-order valence-corrected chi connectivity index (χ0v) is 10.1. The average molecular weight is 216 g/mol. The molecule has 2 N–H and O–H groups in total. The van der Waals surface area contributed by atoms with Gasteiger partial charge in [0, 0.05) is 24.2 Å². The lowest BCUT2D eigenvalue weighted by molar-refractivity contribution is 0.182. The number of hydrogen-bond donors (Lipinski definition) is 1. The van der Waals surface area contributed by atoms with Gasteiger partial charge in [-0.2, -0.15) is 0 Å². The smallest absolute Gasteiger partial charge is 0.0359 e. The van der Waals surface area contributed by atoms with Crippen LogP contribution in [-0.4, -0.2) is 17.0 Å². The van der Waals surface area contributed by atoms with Gasteiger partial charge in [-0.05, 0) is 37.8 Å².